The van der Waals surface area contributed by atoms with E-state index in [1.807, 2.05) is 0 Å². The fourth-order valence-corrected chi connectivity index (χ4v) is 1.96. The summed E-state index contributed by atoms with van der Waals surface area (Å²) in [4.78, 5) is 12.7. The number of nitrogens with zero attached hydrogens (tertiary/aromatic N) is 1. The molecular formula is C15H25NO3. The molecule has 0 spiro atoms. The summed E-state index contributed by atoms with van der Waals surface area (Å²) in [6.07, 6.45) is 2.25. The van der Waals surface area contributed by atoms with Gasteiger partial charge in [-0.2, -0.15) is 0 Å². The van der Waals surface area contributed by atoms with Crippen LogP contribution in [0.1, 0.15) is 40.0 Å². The van der Waals surface area contributed by atoms with Crippen LogP contribution >= 0.6 is 0 Å². The van der Waals surface area contributed by atoms with Crippen LogP contribution in [0.3, 0.4) is 0 Å². The molecule has 1 rings (SSSR count). The smallest absolute Gasteiger partial charge is 0.305 e. The zero-order valence-electron chi connectivity index (χ0n) is 12.2. The van der Waals surface area contributed by atoms with E-state index in [-0.39, 0.29) is 17.9 Å². The number of carboxylic acid groups (broad SMARTS) is 1. The molecule has 1 aliphatic heterocycles. The number of rotatable bonds is 5. The van der Waals surface area contributed by atoms with E-state index in [0.29, 0.717) is 6.61 Å². The summed E-state index contributed by atoms with van der Waals surface area (Å²) in [7, 11) is 0. The maximum absolute atomic E-state index is 10.4. The van der Waals surface area contributed by atoms with Crippen molar-refractivity contribution >= 4 is 5.97 Å². The van der Waals surface area contributed by atoms with Crippen molar-refractivity contribution in [3.05, 3.63) is 0 Å². The molecule has 0 unspecified atom stereocenters. The molecule has 1 saturated heterocycles. The number of ether oxygens (including phenoxy) is 1. The zero-order valence-corrected chi connectivity index (χ0v) is 12.2. The molecular weight excluding hydrogens is 242 g/mol. The van der Waals surface area contributed by atoms with Gasteiger partial charge in [-0.1, -0.05) is 11.8 Å². The molecule has 0 aromatic carbocycles. The highest BCUT2D eigenvalue weighted by Crippen LogP contribution is 2.14. The van der Waals surface area contributed by atoms with Gasteiger partial charge in [-0.05, 0) is 33.6 Å². The SMILES string of the molecule is CC(C)(C)C#CCN1CCC(OCCC(=O)O)CC1. The Hall–Kier alpha value is -1.05. The number of likely N-dealkylation sites (tertiary alicyclic amines) is 1. The van der Waals surface area contributed by atoms with E-state index in [9.17, 15) is 4.79 Å². The van der Waals surface area contributed by atoms with Crippen LogP contribution in [-0.2, 0) is 9.53 Å². The average molecular weight is 267 g/mol. The number of carboxylic acids is 1. The predicted molar refractivity (Wildman–Crippen MR) is 74.9 cm³/mol. The maximum atomic E-state index is 10.4. The standard InChI is InChI=1S/C15H25NO3/c1-15(2,3)8-4-9-16-10-5-13(6-11-16)19-12-7-14(17)18/h13H,5-7,9-12H2,1-3H3,(H,17,18). The van der Waals surface area contributed by atoms with Gasteiger partial charge in [0.25, 0.3) is 0 Å². The van der Waals surface area contributed by atoms with Crippen molar-refractivity contribution in [2.24, 2.45) is 5.41 Å². The number of aliphatic carboxylic acids is 1. The van der Waals surface area contributed by atoms with Crippen LogP contribution in [0.5, 0.6) is 0 Å². The lowest BCUT2D eigenvalue weighted by Crippen LogP contribution is -2.37. The molecule has 0 amide bonds. The number of hydrogen-bond acceptors (Lipinski definition) is 3. The third kappa shape index (κ3) is 7.86. The minimum atomic E-state index is -0.796. The van der Waals surface area contributed by atoms with Crippen molar-refractivity contribution in [1.29, 1.82) is 0 Å². The summed E-state index contributed by atoms with van der Waals surface area (Å²) in [5.41, 5.74) is 0.0677. The van der Waals surface area contributed by atoms with E-state index in [1.165, 1.54) is 0 Å². The second-order valence-corrected chi connectivity index (χ2v) is 6.04. The predicted octanol–water partition coefficient (Wildman–Crippen LogP) is 1.99. The van der Waals surface area contributed by atoms with Crippen molar-refractivity contribution < 1.29 is 14.6 Å². The molecule has 0 aliphatic carbocycles. The Morgan fingerprint density at radius 2 is 2.00 bits per heavy atom. The number of carbonyl (C=O) groups is 1. The Bertz CT molecular complexity index is 341. The number of piperidine rings is 1. The maximum Gasteiger partial charge on any atom is 0.305 e. The highest BCUT2D eigenvalue weighted by Gasteiger charge is 2.19. The lowest BCUT2D eigenvalue weighted by Gasteiger charge is -2.30. The fraction of sp³-hybridized carbons (Fsp3) is 0.800. The van der Waals surface area contributed by atoms with Gasteiger partial charge in [0, 0.05) is 18.5 Å². The minimum absolute atomic E-state index is 0.0677. The first-order valence-electron chi connectivity index (χ1n) is 6.92. The number of hydrogen-bond donors (Lipinski definition) is 1. The first kappa shape index (κ1) is 16.0. The topological polar surface area (TPSA) is 49.8 Å². The van der Waals surface area contributed by atoms with Crippen LogP contribution in [0.4, 0.5) is 0 Å². The van der Waals surface area contributed by atoms with Gasteiger partial charge in [0.05, 0.1) is 25.7 Å². The fourth-order valence-electron chi connectivity index (χ4n) is 1.96. The monoisotopic (exact) mass is 267 g/mol. The van der Waals surface area contributed by atoms with Crippen molar-refractivity contribution in [1.82, 2.24) is 4.90 Å². The van der Waals surface area contributed by atoms with Crippen LogP contribution in [-0.4, -0.2) is 48.3 Å². The highest BCUT2D eigenvalue weighted by atomic mass is 16.5. The van der Waals surface area contributed by atoms with Crippen LogP contribution in [0, 0.1) is 17.3 Å². The summed E-state index contributed by atoms with van der Waals surface area (Å²) in [6, 6.07) is 0. The van der Waals surface area contributed by atoms with Crippen LogP contribution in [0.2, 0.25) is 0 Å². The average Bonchev–Trinajstić information content (AvgIpc) is 2.29. The van der Waals surface area contributed by atoms with Gasteiger partial charge in [0.1, 0.15) is 0 Å². The molecule has 0 radical (unpaired) electrons. The molecule has 0 bridgehead atoms. The second kappa shape index (κ2) is 7.52. The Morgan fingerprint density at radius 1 is 1.37 bits per heavy atom. The second-order valence-electron chi connectivity index (χ2n) is 6.04. The van der Waals surface area contributed by atoms with E-state index >= 15 is 0 Å². The van der Waals surface area contributed by atoms with Gasteiger partial charge in [-0.25, -0.2) is 0 Å². The van der Waals surface area contributed by atoms with E-state index < -0.39 is 5.97 Å². The molecule has 19 heavy (non-hydrogen) atoms. The van der Waals surface area contributed by atoms with Crippen LogP contribution < -0.4 is 0 Å². The summed E-state index contributed by atoms with van der Waals surface area (Å²) in [5, 5.41) is 8.54. The molecule has 4 heteroatoms. The lowest BCUT2D eigenvalue weighted by molar-refractivity contribution is -0.138. The van der Waals surface area contributed by atoms with Gasteiger partial charge in [-0.3, -0.25) is 9.69 Å². The molecule has 1 aliphatic rings. The normalized spacial score (nSPS) is 17.8. The molecule has 4 nitrogen and oxygen atoms in total. The molecule has 0 aromatic heterocycles. The summed E-state index contributed by atoms with van der Waals surface area (Å²) in [6.45, 7) is 9.45. The van der Waals surface area contributed by atoms with Crippen molar-refractivity contribution in [3.8, 4) is 11.8 Å². The molecule has 0 aromatic rings. The van der Waals surface area contributed by atoms with E-state index in [4.69, 9.17) is 9.84 Å². The third-order valence-corrected chi connectivity index (χ3v) is 2.97. The first-order chi connectivity index (χ1) is 8.87. The minimum Gasteiger partial charge on any atom is -0.481 e. The van der Waals surface area contributed by atoms with Gasteiger partial charge in [-0.15, -0.1) is 0 Å². The Labute approximate surface area is 116 Å². The highest BCUT2D eigenvalue weighted by molar-refractivity contribution is 5.66. The largest absolute Gasteiger partial charge is 0.481 e. The van der Waals surface area contributed by atoms with E-state index in [1.54, 1.807) is 0 Å². The quantitative estimate of drug-likeness (QED) is 0.774. The molecule has 1 fully saturated rings. The molecule has 0 saturated carbocycles. The Morgan fingerprint density at radius 3 is 2.53 bits per heavy atom. The van der Waals surface area contributed by atoms with Gasteiger partial charge in [0.15, 0.2) is 0 Å². The summed E-state index contributed by atoms with van der Waals surface area (Å²) in [5.74, 6) is 5.67. The lowest BCUT2D eigenvalue weighted by atomic mass is 9.98. The van der Waals surface area contributed by atoms with E-state index in [0.717, 1.165) is 32.5 Å². The molecule has 0 atom stereocenters. The molecule has 108 valence electrons. The summed E-state index contributed by atoms with van der Waals surface area (Å²) < 4.78 is 5.56. The van der Waals surface area contributed by atoms with Gasteiger partial charge >= 0.3 is 5.97 Å². The van der Waals surface area contributed by atoms with Crippen molar-refractivity contribution in [2.75, 3.05) is 26.2 Å². The van der Waals surface area contributed by atoms with E-state index in [2.05, 4.69) is 37.5 Å². The van der Waals surface area contributed by atoms with Crippen LogP contribution in [0.25, 0.3) is 0 Å². The summed E-state index contributed by atoms with van der Waals surface area (Å²) >= 11 is 0. The Balaban J connectivity index is 2.18. The van der Waals surface area contributed by atoms with Crippen molar-refractivity contribution in [3.63, 3.8) is 0 Å². The van der Waals surface area contributed by atoms with Crippen LogP contribution in [0.15, 0.2) is 0 Å². The van der Waals surface area contributed by atoms with Crippen molar-refractivity contribution in [2.45, 2.75) is 46.1 Å². The third-order valence-electron chi connectivity index (χ3n) is 2.97. The molecule has 1 N–H and O–H groups in total. The van der Waals surface area contributed by atoms with Gasteiger partial charge < -0.3 is 9.84 Å². The van der Waals surface area contributed by atoms with Gasteiger partial charge in [0.2, 0.25) is 0 Å². The molecule has 1 heterocycles. The first-order valence-corrected chi connectivity index (χ1v) is 6.92. The Kier molecular flexibility index (Phi) is 6.33. The zero-order chi connectivity index (χ0) is 14.3.